The molecule has 1 aliphatic carbocycles. The van der Waals surface area contributed by atoms with Gasteiger partial charge >= 0.3 is 0 Å². The zero-order valence-electron chi connectivity index (χ0n) is 7.15. The summed E-state index contributed by atoms with van der Waals surface area (Å²) < 4.78 is 26.4. The zero-order chi connectivity index (χ0) is 10.3. The standard InChI is InChI=1S/C10H6ClF2N/c11-9-7(13)2-1-6(12)8(9)10(5-14)3-4-10/h1-2H,3-4H2. The van der Waals surface area contributed by atoms with Crippen molar-refractivity contribution < 1.29 is 8.78 Å². The second-order valence-corrected chi connectivity index (χ2v) is 3.79. The van der Waals surface area contributed by atoms with Crippen molar-refractivity contribution in [3.63, 3.8) is 0 Å². The fourth-order valence-electron chi connectivity index (χ4n) is 1.51. The molecule has 14 heavy (non-hydrogen) atoms. The lowest BCUT2D eigenvalue weighted by Crippen LogP contribution is -2.08. The molecule has 0 bridgehead atoms. The van der Waals surface area contributed by atoms with E-state index < -0.39 is 17.0 Å². The predicted octanol–water partition coefficient (Wildman–Crippen LogP) is 3.17. The number of nitriles is 1. The van der Waals surface area contributed by atoms with Crippen molar-refractivity contribution in [3.05, 3.63) is 34.4 Å². The molecule has 1 nitrogen and oxygen atoms in total. The number of hydrogen-bond acceptors (Lipinski definition) is 1. The van der Waals surface area contributed by atoms with Crippen molar-refractivity contribution >= 4 is 11.6 Å². The lowest BCUT2D eigenvalue weighted by molar-refractivity contribution is 0.577. The van der Waals surface area contributed by atoms with Gasteiger partial charge < -0.3 is 0 Å². The molecule has 1 aliphatic rings. The number of nitrogens with zero attached hydrogens (tertiary/aromatic N) is 1. The van der Waals surface area contributed by atoms with Crippen LogP contribution in [0.15, 0.2) is 12.1 Å². The minimum absolute atomic E-state index is 0.0154. The van der Waals surface area contributed by atoms with Crippen LogP contribution in [0.3, 0.4) is 0 Å². The molecule has 0 aliphatic heterocycles. The van der Waals surface area contributed by atoms with E-state index in [0.717, 1.165) is 12.1 Å². The maximum atomic E-state index is 13.4. The van der Waals surface area contributed by atoms with Crippen molar-refractivity contribution in [1.82, 2.24) is 0 Å². The van der Waals surface area contributed by atoms with Crippen LogP contribution in [0.4, 0.5) is 8.78 Å². The van der Waals surface area contributed by atoms with E-state index in [1.165, 1.54) is 0 Å². The molecule has 2 rings (SSSR count). The van der Waals surface area contributed by atoms with Gasteiger partial charge in [-0.25, -0.2) is 8.78 Å². The summed E-state index contributed by atoms with van der Waals surface area (Å²) in [5, 5.41) is 8.59. The average Bonchev–Trinajstić information content (AvgIpc) is 2.93. The van der Waals surface area contributed by atoms with E-state index in [0.29, 0.717) is 12.8 Å². The Morgan fingerprint density at radius 3 is 2.36 bits per heavy atom. The maximum absolute atomic E-state index is 13.4. The molecule has 0 N–H and O–H groups in total. The fourth-order valence-corrected chi connectivity index (χ4v) is 1.84. The van der Waals surface area contributed by atoms with Gasteiger partial charge in [-0.2, -0.15) is 5.26 Å². The monoisotopic (exact) mass is 213 g/mol. The molecule has 0 heterocycles. The van der Waals surface area contributed by atoms with Gasteiger partial charge in [-0.1, -0.05) is 11.6 Å². The van der Waals surface area contributed by atoms with Crippen molar-refractivity contribution in [2.75, 3.05) is 0 Å². The van der Waals surface area contributed by atoms with Crippen LogP contribution in [-0.2, 0) is 5.41 Å². The zero-order valence-corrected chi connectivity index (χ0v) is 7.91. The minimum Gasteiger partial charge on any atom is -0.207 e. The Morgan fingerprint density at radius 2 is 1.86 bits per heavy atom. The van der Waals surface area contributed by atoms with Crippen LogP contribution in [0.5, 0.6) is 0 Å². The van der Waals surface area contributed by atoms with Crippen molar-refractivity contribution in [1.29, 1.82) is 5.26 Å². The van der Waals surface area contributed by atoms with Crippen LogP contribution in [-0.4, -0.2) is 0 Å². The molecule has 1 aromatic carbocycles. The van der Waals surface area contributed by atoms with Crippen LogP contribution in [0, 0.1) is 23.0 Å². The Balaban J connectivity index is 2.64. The SMILES string of the molecule is N#CC1(c2c(F)ccc(F)c2Cl)CC1. The smallest absolute Gasteiger partial charge is 0.142 e. The average molecular weight is 214 g/mol. The first-order valence-corrected chi connectivity index (χ1v) is 4.54. The molecule has 0 amide bonds. The number of benzene rings is 1. The third-order valence-corrected chi connectivity index (χ3v) is 2.86. The number of halogens is 3. The lowest BCUT2D eigenvalue weighted by Gasteiger charge is -2.10. The van der Waals surface area contributed by atoms with Crippen LogP contribution in [0.25, 0.3) is 0 Å². The fraction of sp³-hybridized carbons (Fsp3) is 0.300. The topological polar surface area (TPSA) is 23.8 Å². The van der Waals surface area contributed by atoms with Gasteiger partial charge in [-0.3, -0.25) is 0 Å². The van der Waals surface area contributed by atoms with E-state index in [-0.39, 0.29) is 10.6 Å². The molecule has 0 saturated heterocycles. The molecule has 0 spiro atoms. The summed E-state index contributed by atoms with van der Waals surface area (Å²) >= 11 is 5.64. The molecule has 1 fully saturated rings. The van der Waals surface area contributed by atoms with E-state index >= 15 is 0 Å². The summed E-state index contributed by atoms with van der Waals surface area (Å²) in [4.78, 5) is 0. The van der Waals surface area contributed by atoms with Gasteiger partial charge in [0.15, 0.2) is 0 Å². The highest BCUT2D eigenvalue weighted by molar-refractivity contribution is 6.31. The second kappa shape index (κ2) is 2.93. The Bertz CT molecular complexity index is 432. The van der Waals surface area contributed by atoms with E-state index in [1.54, 1.807) is 0 Å². The molecule has 72 valence electrons. The quantitative estimate of drug-likeness (QED) is 0.658. The van der Waals surface area contributed by atoms with Crippen LogP contribution < -0.4 is 0 Å². The summed E-state index contributed by atoms with van der Waals surface area (Å²) in [5.41, 5.74) is -0.870. The summed E-state index contributed by atoms with van der Waals surface area (Å²) in [6.45, 7) is 0. The first-order valence-electron chi connectivity index (χ1n) is 4.16. The Labute approximate surface area is 84.9 Å². The van der Waals surface area contributed by atoms with E-state index in [9.17, 15) is 8.78 Å². The highest BCUT2D eigenvalue weighted by Crippen LogP contribution is 2.51. The summed E-state index contributed by atoms with van der Waals surface area (Å²) in [6.07, 6.45) is 1.09. The maximum Gasteiger partial charge on any atom is 0.142 e. The number of rotatable bonds is 1. The Hall–Kier alpha value is -1.14. The van der Waals surface area contributed by atoms with Crippen molar-refractivity contribution in [3.8, 4) is 6.07 Å². The molecule has 0 atom stereocenters. The highest BCUT2D eigenvalue weighted by Gasteiger charge is 2.48. The molecular formula is C10H6ClF2N. The first kappa shape index (κ1) is 9.42. The predicted molar refractivity (Wildman–Crippen MR) is 47.9 cm³/mol. The van der Waals surface area contributed by atoms with Gasteiger partial charge in [0.1, 0.15) is 11.6 Å². The number of hydrogen-bond donors (Lipinski definition) is 0. The minimum atomic E-state index is -0.886. The van der Waals surface area contributed by atoms with Crippen molar-refractivity contribution in [2.45, 2.75) is 18.3 Å². The van der Waals surface area contributed by atoms with Crippen molar-refractivity contribution in [2.24, 2.45) is 0 Å². The molecular weight excluding hydrogens is 208 g/mol. The van der Waals surface area contributed by atoms with Crippen LogP contribution >= 0.6 is 11.6 Å². The molecule has 1 aromatic rings. The third kappa shape index (κ3) is 1.18. The largest absolute Gasteiger partial charge is 0.207 e. The summed E-state index contributed by atoms with van der Waals surface area (Å²) in [6, 6.07) is 3.96. The van der Waals surface area contributed by atoms with E-state index in [2.05, 4.69) is 0 Å². The normalized spacial score (nSPS) is 17.6. The van der Waals surface area contributed by atoms with Gasteiger partial charge in [-0.15, -0.1) is 0 Å². The Kier molecular flexibility index (Phi) is 1.97. The van der Waals surface area contributed by atoms with E-state index in [4.69, 9.17) is 16.9 Å². The van der Waals surface area contributed by atoms with Gasteiger partial charge in [0.05, 0.1) is 16.5 Å². The lowest BCUT2D eigenvalue weighted by atomic mass is 9.97. The van der Waals surface area contributed by atoms with Gasteiger partial charge in [0, 0.05) is 5.56 Å². The summed E-state index contributed by atoms with van der Waals surface area (Å²) in [7, 11) is 0. The Morgan fingerprint density at radius 1 is 1.29 bits per heavy atom. The van der Waals surface area contributed by atoms with Crippen LogP contribution in [0.2, 0.25) is 5.02 Å². The highest BCUT2D eigenvalue weighted by atomic mass is 35.5. The third-order valence-electron chi connectivity index (χ3n) is 2.49. The molecule has 0 radical (unpaired) electrons. The molecule has 0 unspecified atom stereocenters. The van der Waals surface area contributed by atoms with Gasteiger partial charge in [0.2, 0.25) is 0 Å². The first-order chi connectivity index (χ1) is 6.60. The molecule has 1 saturated carbocycles. The van der Waals surface area contributed by atoms with E-state index in [1.807, 2.05) is 6.07 Å². The van der Waals surface area contributed by atoms with Gasteiger partial charge in [-0.05, 0) is 25.0 Å². The van der Waals surface area contributed by atoms with Crippen LogP contribution in [0.1, 0.15) is 18.4 Å². The summed E-state index contributed by atoms with van der Waals surface area (Å²) in [5.74, 6) is -1.28. The molecule has 0 aromatic heterocycles. The molecule has 4 heteroatoms. The second-order valence-electron chi connectivity index (χ2n) is 3.41. The van der Waals surface area contributed by atoms with Gasteiger partial charge in [0.25, 0.3) is 0 Å².